The first-order chi connectivity index (χ1) is 30.4. The molecule has 1 unspecified atom stereocenters. The molecule has 6 rings (SSSR count). The molecule has 16 nitrogen and oxygen atoms in total. The standard InChI is InChI=1S/C47H69N9O7/c1-47(2,3)33-14-16-34(17-15-33)55(5)32-41-51-39-12-7-6-10-36(39)44(52-41)49-20-9-22-54(4)23-25-62-27-29-63-28-26-61-24-21-48-43(58)30-50-38-13-8-11-35-37(38)31-56(46(35)60)40-18-19-42(57)53-45(40)59/h6-8,10-13,33-34,40,50H,9,14-32H2,1-5H3,(H,48,58)(H,49,51,52)(H,53,57,59). The van der Waals surface area contributed by atoms with Gasteiger partial charge in [0.1, 0.15) is 17.7 Å². The van der Waals surface area contributed by atoms with E-state index in [9.17, 15) is 19.2 Å². The molecular weight excluding hydrogens is 803 g/mol. The SMILES string of the molecule is CN(CCCNc1nc(CN(C)C2CCC(C(C)(C)C)CC2)nc2ccccc12)CCOCCOCCOCCNC(=O)CNc1cccc2c1CN(C1CCC(=O)NC1=O)C2=O. The topological polar surface area (TPSA) is 180 Å². The molecule has 2 fully saturated rings. The van der Waals surface area contributed by atoms with Crippen LogP contribution in [-0.2, 0) is 41.7 Å². The van der Waals surface area contributed by atoms with Crippen molar-refractivity contribution >= 4 is 46.0 Å². The number of para-hydroxylation sites is 1. The van der Waals surface area contributed by atoms with Gasteiger partial charge in [0.15, 0.2) is 0 Å². The molecule has 4 amide bonds. The summed E-state index contributed by atoms with van der Waals surface area (Å²) in [4.78, 5) is 65.6. The summed E-state index contributed by atoms with van der Waals surface area (Å²) in [5, 5.41) is 12.9. The Morgan fingerprint density at radius 2 is 1.57 bits per heavy atom. The van der Waals surface area contributed by atoms with Gasteiger partial charge in [-0.3, -0.25) is 29.4 Å². The van der Waals surface area contributed by atoms with E-state index in [4.69, 9.17) is 24.2 Å². The number of aromatic nitrogens is 2. The number of benzene rings is 2. The van der Waals surface area contributed by atoms with Gasteiger partial charge in [0.05, 0.1) is 58.2 Å². The van der Waals surface area contributed by atoms with Crippen molar-refractivity contribution < 1.29 is 33.4 Å². The van der Waals surface area contributed by atoms with Gasteiger partial charge in [0, 0.05) is 60.8 Å². The van der Waals surface area contributed by atoms with Gasteiger partial charge in [-0.1, -0.05) is 39.0 Å². The van der Waals surface area contributed by atoms with Gasteiger partial charge < -0.3 is 40.0 Å². The molecule has 1 aromatic heterocycles. The van der Waals surface area contributed by atoms with E-state index in [2.05, 4.69) is 78.1 Å². The van der Waals surface area contributed by atoms with Crippen LogP contribution in [0.15, 0.2) is 42.5 Å². The Labute approximate surface area is 372 Å². The molecule has 3 aliphatic rings. The summed E-state index contributed by atoms with van der Waals surface area (Å²) in [6, 6.07) is 13.4. The lowest BCUT2D eigenvalue weighted by atomic mass is 9.71. The molecule has 2 aliphatic heterocycles. The summed E-state index contributed by atoms with van der Waals surface area (Å²) in [6.45, 7) is 13.8. The molecule has 4 N–H and O–H groups in total. The Bertz CT molecular complexity index is 2000. The lowest BCUT2D eigenvalue weighted by Crippen LogP contribution is -2.52. The van der Waals surface area contributed by atoms with Crippen LogP contribution in [0.5, 0.6) is 0 Å². The van der Waals surface area contributed by atoms with Crippen molar-refractivity contribution in [3.05, 3.63) is 59.4 Å². The molecule has 3 heterocycles. The zero-order valence-electron chi connectivity index (χ0n) is 38.0. The number of carbonyl (C=O) groups excluding carboxylic acids is 4. The summed E-state index contributed by atoms with van der Waals surface area (Å²) >= 11 is 0. The molecule has 2 aromatic carbocycles. The smallest absolute Gasteiger partial charge is 0.255 e. The number of nitrogens with zero attached hydrogens (tertiary/aromatic N) is 5. The fourth-order valence-electron chi connectivity index (χ4n) is 8.75. The lowest BCUT2D eigenvalue weighted by molar-refractivity contribution is -0.137. The highest BCUT2D eigenvalue weighted by Gasteiger charge is 2.40. The van der Waals surface area contributed by atoms with Gasteiger partial charge in [-0.2, -0.15) is 0 Å². The van der Waals surface area contributed by atoms with Crippen molar-refractivity contribution in [3.8, 4) is 0 Å². The number of nitrogens with one attached hydrogen (secondary N) is 4. The minimum absolute atomic E-state index is 0.0129. The predicted octanol–water partition coefficient (Wildman–Crippen LogP) is 4.44. The maximum Gasteiger partial charge on any atom is 0.255 e. The number of anilines is 2. The zero-order valence-corrected chi connectivity index (χ0v) is 38.0. The number of carbonyl (C=O) groups is 4. The van der Waals surface area contributed by atoms with Gasteiger partial charge >= 0.3 is 0 Å². The Morgan fingerprint density at radius 1 is 0.841 bits per heavy atom. The van der Waals surface area contributed by atoms with Gasteiger partial charge in [-0.15, -0.1) is 0 Å². The van der Waals surface area contributed by atoms with E-state index in [1.807, 2.05) is 12.1 Å². The van der Waals surface area contributed by atoms with Gasteiger partial charge in [0.2, 0.25) is 17.7 Å². The van der Waals surface area contributed by atoms with E-state index < -0.39 is 11.9 Å². The molecule has 1 saturated heterocycles. The Balaban J connectivity index is 0.765. The molecule has 3 aromatic rings. The normalized spacial score (nSPS) is 19.2. The molecule has 63 heavy (non-hydrogen) atoms. The number of ether oxygens (including phenoxy) is 3. The van der Waals surface area contributed by atoms with E-state index in [0.29, 0.717) is 75.3 Å². The third-order valence-electron chi connectivity index (χ3n) is 12.5. The third-order valence-corrected chi connectivity index (χ3v) is 12.5. The van der Waals surface area contributed by atoms with Crippen LogP contribution in [0.2, 0.25) is 0 Å². The van der Waals surface area contributed by atoms with E-state index in [1.54, 1.807) is 18.2 Å². The summed E-state index contributed by atoms with van der Waals surface area (Å²) in [7, 11) is 4.33. The van der Waals surface area contributed by atoms with Crippen LogP contribution in [0, 0.1) is 11.3 Å². The van der Waals surface area contributed by atoms with Crippen molar-refractivity contribution in [1.82, 2.24) is 35.3 Å². The highest BCUT2D eigenvalue weighted by atomic mass is 16.5. The molecule has 0 bridgehead atoms. The maximum atomic E-state index is 13.0. The van der Waals surface area contributed by atoms with Crippen molar-refractivity contribution in [2.45, 2.75) is 90.9 Å². The van der Waals surface area contributed by atoms with Gasteiger partial charge in [0.25, 0.3) is 5.91 Å². The molecule has 0 spiro atoms. The predicted molar refractivity (Wildman–Crippen MR) is 243 cm³/mol. The monoisotopic (exact) mass is 872 g/mol. The van der Waals surface area contributed by atoms with E-state index in [1.165, 1.54) is 30.6 Å². The first-order valence-corrected chi connectivity index (χ1v) is 22.8. The number of likely N-dealkylation sites (N-methyl/N-ethyl adjacent to an activating group) is 1. The van der Waals surface area contributed by atoms with Crippen molar-refractivity contribution in [1.29, 1.82) is 0 Å². The quantitative estimate of drug-likeness (QED) is 0.0735. The highest BCUT2D eigenvalue weighted by Crippen LogP contribution is 2.39. The minimum Gasteiger partial charge on any atom is -0.378 e. The van der Waals surface area contributed by atoms with E-state index in [-0.39, 0.29) is 37.2 Å². The van der Waals surface area contributed by atoms with Crippen molar-refractivity contribution in [2.24, 2.45) is 11.3 Å². The Morgan fingerprint density at radius 3 is 2.32 bits per heavy atom. The number of hydrogen-bond acceptors (Lipinski definition) is 13. The maximum absolute atomic E-state index is 13.0. The first kappa shape index (κ1) is 47.7. The first-order valence-electron chi connectivity index (χ1n) is 22.8. The summed E-state index contributed by atoms with van der Waals surface area (Å²) in [5.74, 6) is 1.31. The Kier molecular flexibility index (Phi) is 17.6. The molecule has 1 aliphatic carbocycles. The number of hydrogen-bond donors (Lipinski definition) is 4. The van der Waals surface area contributed by atoms with Crippen LogP contribution in [0.1, 0.15) is 87.5 Å². The van der Waals surface area contributed by atoms with Crippen LogP contribution < -0.4 is 21.3 Å². The molecule has 344 valence electrons. The summed E-state index contributed by atoms with van der Waals surface area (Å²) in [5.41, 5.74) is 3.23. The second-order valence-electron chi connectivity index (χ2n) is 18.1. The lowest BCUT2D eigenvalue weighted by Gasteiger charge is -2.39. The molecule has 0 radical (unpaired) electrons. The third kappa shape index (κ3) is 13.9. The largest absolute Gasteiger partial charge is 0.378 e. The van der Waals surface area contributed by atoms with E-state index in [0.717, 1.165) is 66.6 Å². The fourth-order valence-corrected chi connectivity index (χ4v) is 8.75. The average Bonchev–Trinajstić information content (AvgIpc) is 3.60. The Hall–Kier alpha value is -4.74. The minimum atomic E-state index is -0.694. The highest BCUT2D eigenvalue weighted by molar-refractivity contribution is 6.06. The van der Waals surface area contributed by atoms with Crippen molar-refractivity contribution in [2.75, 3.05) is 97.1 Å². The van der Waals surface area contributed by atoms with Crippen molar-refractivity contribution in [3.63, 3.8) is 0 Å². The zero-order chi connectivity index (χ0) is 44.8. The molecule has 1 atom stereocenters. The van der Waals surface area contributed by atoms with Gasteiger partial charge in [-0.25, -0.2) is 9.97 Å². The van der Waals surface area contributed by atoms with Gasteiger partial charge in [-0.05, 0) is 94.8 Å². The average molecular weight is 872 g/mol. The number of fused-ring (bicyclic) bond motifs is 2. The molecular formula is C47H69N9O7. The van der Waals surface area contributed by atoms with Crippen LogP contribution in [0.3, 0.4) is 0 Å². The number of imide groups is 1. The van der Waals surface area contributed by atoms with E-state index >= 15 is 0 Å². The molecule has 16 heteroatoms. The van der Waals surface area contributed by atoms with Crippen LogP contribution in [-0.4, -0.2) is 147 Å². The van der Waals surface area contributed by atoms with Crippen LogP contribution in [0.25, 0.3) is 10.9 Å². The fraction of sp³-hybridized carbons (Fsp3) is 0.617. The number of piperidine rings is 1. The second kappa shape index (κ2) is 23.3. The molecule has 1 saturated carbocycles. The summed E-state index contributed by atoms with van der Waals surface area (Å²) in [6.07, 6.45) is 6.49. The summed E-state index contributed by atoms with van der Waals surface area (Å²) < 4.78 is 17.0. The second-order valence-corrected chi connectivity index (χ2v) is 18.1. The number of rotatable bonds is 24. The van der Waals surface area contributed by atoms with Crippen LogP contribution >= 0.6 is 0 Å². The number of amides is 4. The van der Waals surface area contributed by atoms with Crippen LogP contribution in [0.4, 0.5) is 11.5 Å².